The van der Waals surface area contributed by atoms with Crippen molar-refractivity contribution in [1.82, 2.24) is 14.7 Å². The van der Waals surface area contributed by atoms with Crippen molar-refractivity contribution >= 4 is 29.5 Å². The van der Waals surface area contributed by atoms with E-state index in [4.69, 9.17) is 9.47 Å². The standard InChI is InChI=1S/C26H37N3O6S/c1-3-18(17-30)29-21-23(32)28(11-10-27-12-15-34-16-13-27)9-6-8-26(21)19(22(29)31)20-24(33)35-14-5-4-7-25(20,2)36-26/h4,6-8,18-21,30H,3,5,9-17H2,1-2H3/t18-,19-,20+,21?,25-,26-/m0/s1. The lowest BCUT2D eigenvalue weighted by molar-refractivity contribution is -0.154. The molecule has 1 spiro atoms. The molecule has 9 nitrogen and oxygen atoms in total. The highest BCUT2D eigenvalue weighted by atomic mass is 32.2. The van der Waals surface area contributed by atoms with E-state index >= 15 is 0 Å². The van der Waals surface area contributed by atoms with E-state index in [9.17, 15) is 19.5 Å². The molecule has 0 aromatic heterocycles. The summed E-state index contributed by atoms with van der Waals surface area (Å²) in [5.41, 5.74) is 0. The van der Waals surface area contributed by atoms with Crippen molar-refractivity contribution in [3.8, 4) is 0 Å². The summed E-state index contributed by atoms with van der Waals surface area (Å²) in [7, 11) is 0. The van der Waals surface area contributed by atoms with Crippen LogP contribution in [0.4, 0.5) is 0 Å². The van der Waals surface area contributed by atoms with Crippen LogP contribution in [0.25, 0.3) is 0 Å². The van der Waals surface area contributed by atoms with Gasteiger partial charge in [-0.15, -0.1) is 11.8 Å². The SMILES string of the molecule is CC[C@@H](CO)N1C(=O)[C@@H]2[C@@H]3C(=O)OCCC=C[C@]3(C)S[C@@]23C=CCN(CCN2CCOCC2)C(=O)C13. The molecule has 2 amide bonds. The summed E-state index contributed by atoms with van der Waals surface area (Å²) < 4.78 is 9.44. The number of esters is 1. The van der Waals surface area contributed by atoms with Gasteiger partial charge in [-0.2, -0.15) is 0 Å². The third-order valence-electron chi connectivity index (χ3n) is 8.41. The number of morpholine rings is 1. The smallest absolute Gasteiger partial charge is 0.311 e. The number of nitrogens with zero attached hydrogens (tertiary/aromatic N) is 3. The van der Waals surface area contributed by atoms with Gasteiger partial charge in [-0.1, -0.05) is 31.2 Å². The van der Waals surface area contributed by atoms with Crippen LogP contribution in [0.2, 0.25) is 0 Å². The summed E-state index contributed by atoms with van der Waals surface area (Å²) in [6, 6.07) is -1.28. The van der Waals surface area contributed by atoms with Gasteiger partial charge in [0, 0.05) is 37.5 Å². The third-order valence-corrected chi connectivity index (χ3v) is 10.2. The summed E-state index contributed by atoms with van der Waals surface area (Å²) in [5.74, 6) is -2.16. The molecule has 5 heterocycles. The second-order valence-electron chi connectivity index (χ2n) is 10.5. The Morgan fingerprint density at radius 2 is 1.86 bits per heavy atom. The van der Waals surface area contributed by atoms with Crippen LogP contribution in [-0.2, 0) is 23.9 Å². The Balaban J connectivity index is 1.53. The van der Waals surface area contributed by atoms with Crippen LogP contribution in [-0.4, -0.2) is 118 Å². The van der Waals surface area contributed by atoms with Gasteiger partial charge in [0.15, 0.2) is 0 Å². The minimum absolute atomic E-state index is 0.112. The summed E-state index contributed by atoms with van der Waals surface area (Å²) in [5, 5.41) is 10.2. The number of aliphatic hydroxyl groups excluding tert-OH is 1. The van der Waals surface area contributed by atoms with Gasteiger partial charge in [0.05, 0.1) is 49.1 Å². The number of carbonyl (C=O) groups is 3. The summed E-state index contributed by atoms with van der Waals surface area (Å²) in [6.07, 6.45) is 9.20. The van der Waals surface area contributed by atoms with E-state index in [1.54, 1.807) is 16.7 Å². The molecule has 1 N–H and O–H groups in total. The fourth-order valence-electron chi connectivity index (χ4n) is 6.57. The van der Waals surface area contributed by atoms with E-state index in [1.807, 2.05) is 43.1 Å². The zero-order chi connectivity index (χ0) is 25.5. The number of likely N-dealkylation sites (tertiary alicyclic amines) is 1. The summed E-state index contributed by atoms with van der Waals surface area (Å²) in [4.78, 5) is 47.5. The van der Waals surface area contributed by atoms with Gasteiger partial charge in [0.2, 0.25) is 11.8 Å². The van der Waals surface area contributed by atoms with Gasteiger partial charge in [-0.05, 0) is 19.8 Å². The van der Waals surface area contributed by atoms with Crippen molar-refractivity contribution in [2.24, 2.45) is 11.8 Å². The van der Waals surface area contributed by atoms with Gasteiger partial charge in [0.25, 0.3) is 0 Å². The summed E-state index contributed by atoms with van der Waals surface area (Å²) >= 11 is 1.54. The first kappa shape index (κ1) is 25.8. The van der Waals surface area contributed by atoms with E-state index in [-0.39, 0.29) is 31.0 Å². The number of hydrogen-bond donors (Lipinski definition) is 1. The third kappa shape index (κ3) is 4.10. The topological polar surface area (TPSA) is 99.6 Å². The second-order valence-corrected chi connectivity index (χ2v) is 12.3. The Morgan fingerprint density at radius 3 is 2.58 bits per heavy atom. The molecule has 5 rings (SSSR count). The van der Waals surface area contributed by atoms with Crippen molar-refractivity contribution in [2.75, 3.05) is 59.2 Å². The Bertz CT molecular complexity index is 948. The molecular formula is C26H37N3O6S. The first-order chi connectivity index (χ1) is 17.4. The zero-order valence-corrected chi connectivity index (χ0v) is 22.0. The first-order valence-electron chi connectivity index (χ1n) is 13.1. The average molecular weight is 520 g/mol. The number of hydrogen-bond acceptors (Lipinski definition) is 8. The molecule has 5 aliphatic rings. The van der Waals surface area contributed by atoms with Crippen LogP contribution in [0.3, 0.4) is 0 Å². The molecule has 0 aliphatic carbocycles. The Morgan fingerprint density at radius 1 is 1.08 bits per heavy atom. The normalized spacial score (nSPS) is 37.6. The van der Waals surface area contributed by atoms with Crippen molar-refractivity contribution < 1.29 is 29.0 Å². The lowest BCUT2D eigenvalue weighted by Crippen LogP contribution is -2.57. The molecule has 0 aromatic rings. The average Bonchev–Trinajstić information content (AvgIpc) is 3.19. The Labute approximate surface area is 216 Å². The molecule has 1 unspecified atom stereocenters. The molecule has 198 valence electrons. The van der Waals surface area contributed by atoms with E-state index in [1.165, 1.54) is 0 Å². The predicted molar refractivity (Wildman–Crippen MR) is 135 cm³/mol. The molecule has 0 bridgehead atoms. The highest BCUT2D eigenvalue weighted by molar-refractivity contribution is 8.02. The molecule has 10 heteroatoms. The number of aliphatic hydroxyl groups is 1. The lowest BCUT2D eigenvalue weighted by Gasteiger charge is -2.40. The Hall–Kier alpha value is -1.88. The molecule has 0 saturated carbocycles. The van der Waals surface area contributed by atoms with E-state index in [0.717, 1.165) is 19.6 Å². The molecule has 6 atom stereocenters. The van der Waals surface area contributed by atoms with Crippen molar-refractivity contribution in [3.05, 3.63) is 24.3 Å². The van der Waals surface area contributed by atoms with Crippen molar-refractivity contribution in [2.45, 2.75) is 48.3 Å². The maximum atomic E-state index is 14.3. The second kappa shape index (κ2) is 10.1. The van der Waals surface area contributed by atoms with Crippen LogP contribution >= 0.6 is 11.8 Å². The minimum Gasteiger partial charge on any atom is -0.465 e. The number of thioether (sulfide) groups is 1. The molecule has 0 aromatic carbocycles. The van der Waals surface area contributed by atoms with Crippen molar-refractivity contribution in [1.29, 1.82) is 0 Å². The lowest BCUT2D eigenvalue weighted by atomic mass is 9.74. The first-order valence-corrected chi connectivity index (χ1v) is 13.9. The van der Waals surface area contributed by atoms with Crippen LogP contribution < -0.4 is 0 Å². The van der Waals surface area contributed by atoms with E-state index < -0.39 is 33.4 Å². The quantitative estimate of drug-likeness (QED) is 0.404. The van der Waals surface area contributed by atoms with Crippen LogP contribution in [0.15, 0.2) is 24.3 Å². The fraction of sp³-hybridized carbons (Fsp3) is 0.731. The van der Waals surface area contributed by atoms with Crippen LogP contribution in [0.5, 0.6) is 0 Å². The van der Waals surface area contributed by atoms with Gasteiger partial charge < -0.3 is 24.4 Å². The summed E-state index contributed by atoms with van der Waals surface area (Å²) in [6.45, 7) is 8.74. The fourth-order valence-corrected chi connectivity index (χ4v) is 8.71. The number of fused-ring (bicyclic) bond motifs is 2. The number of rotatable bonds is 6. The van der Waals surface area contributed by atoms with E-state index in [0.29, 0.717) is 39.1 Å². The van der Waals surface area contributed by atoms with E-state index in [2.05, 4.69) is 4.90 Å². The number of carbonyl (C=O) groups excluding carboxylic acids is 3. The number of ether oxygens (including phenoxy) is 2. The number of amides is 2. The highest BCUT2D eigenvalue weighted by Gasteiger charge is 2.74. The van der Waals surface area contributed by atoms with Crippen molar-refractivity contribution in [3.63, 3.8) is 0 Å². The Kier molecular flexibility index (Phi) is 7.24. The maximum absolute atomic E-state index is 14.3. The number of cyclic esters (lactones) is 1. The minimum atomic E-state index is -0.905. The van der Waals surface area contributed by atoms with Crippen LogP contribution in [0, 0.1) is 11.8 Å². The van der Waals surface area contributed by atoms with Crippen LogP contribution in [0.1, 0.15) is 26.7 Å². The molecule has 36 heavy (non-hydrogen) atoms. The molecule has 5 aliphatic heterocycles. The highest BCUT2D eigenvalue weighted by Crippen LogP contribution is 2.65. The van der Waals surface area contributed by atoms with Gasteiger partial charge in [-0.25, -0.2) is 0 Å². The monoisotopic (exact) mass is 519 g/mol. The largest absolute Gasteiger partial charge is 0.465 e. The van der Waals surface area contributed by atoms with Gasteiger partial charge in [0.1, 0.15) is 6.04 Å². The predicted octanol–water partition coefficient (Wildman–Crippen LogP) is 0.679. The molecule has 3 saturated heterocycles. The molecule has 3 fully saturated rings. The molecule has 0 radical (unpaired) electrons. The zero-order valence-electron chi connectivity index (χ0n) is 21.1. The van der Waals surface area contributed by atoms with Gasteiger partial charge >= 0.3 is 5.97 Å². The molecular weight excluding hydrogens is 482 g/mol. The maximum Gasteiger partial charge on any atom is 0.311 e. The van der Waals surface area contributed by atoms with Gasteiger partial charge in [-0.3, -0.25) is 19.3 Å².